The average Bonchev–Trinajstić information content (AvgIpc) is 2.65. The summed E-state index contributed by atoms with van der Waals surface area (Å²) in [5, 5.41) is 9.10. The normalized spacial score (nSPS) is 11.6. The van der Waals surface area contributed by atoms with Crippen molar-refractivity contribution in [2.45, 2.75) is 104 Å². The Kier molecular flexibility index (Phi) is 23.4. The highest BCUT2D eigenvalue weighted by Crippen LogP contribution is 2.13. The topological polar surface area (TPSA) is 43.8 Å². The Bertz CT molecular complexity index is 400. The van der Waals surface area contributed by atoms with Crippen molar-refractivity contribution in [2.24, 2.45) is 0 Å². The maximum absolute atomic E-state index is 11.1. The number of halogens is 1. The summed E-state index contributed by atoms with van der Waals surface area (Å²) in [6.45, 7) is 6.74. The molecular formula is C24H49BrN2O2. The predicted molar refractivity (Wildman–Crippen MR) is 132 cm³/mol. The van der Waals surface area contributed by atoms with Crippen LogP contribution in [0.5, 0.6) is 0 Å². The van der Waals surface area contributed by atoms with E-state index >= 15 is 0 Å². The Morgan fingerprint density at radius 3 is 1.52 bits per heavy atom. The van der Waals surface area contributed by atoms with Gasteiger partial charge >= 0.3 is 5.97 Å². The van der Waals surface area contributed by atoms with Gasteiger partial charge in [-0.15, -0.1) is 17.0 Å². The fourth-order valence-electron chi connectivity index (χ4n) is 3.41. The van der Waals surface area contributed by atoms with Crippen LogP contribution < -0.4 is 0 Å². The molecule has 0 atom stereocenters. The van der Waals surface area contributed by atoms with E-state index < -0.39 is 5.97 Å². The maximum Gasteiger partial charge on any atom is 0.332 e. The van der Waals surface area contributed by atoms with E-state index in [2.05, 4.69) is 30.8 Å². The largest absolute Gasteiger partial charge is 0.478 e. The van der Waals surface area contributed by atoms with Gasteiger partial charge in [0.2, 0.25) is 0 Å². The maximum atomic E-state index is 11.1. The first-order valence-electron chi connectivity index (χ1n) is 11.8. The molecule has 0 aliphatic rings. The molecule has 0 spiro atoms. The molecule has 0 unspecified atom stereocenters. The highest BCUT2D eigenvalue weighted by molar-refractivity contribution is 8.93. The quantitative estimate of drug-likeness (QED) is 0.153. The molecule has 0 aromatic carbocycles. The van der Waals surface area contributed by atoms with Gasteiger partial charge in [0.15, 0.2) is 0 Å². The number of carboxylic acids is 1. The molecule has 0 aromatic heterocycles. The van der Waals surface area contributed by atoms with E-state index in [1.165, 1.54) is 83.5 Å². The van der Waals surface area contributed by atoms with E-state index in [4.69, 9.17) is 5.11 Å². The van der Waals surface area contributed by atoms with E-state index in [-0.39, 0.29) is 17.0 Å². The summed E-state index contributed by atoms with van der Waals surface area (Å²) < 4.78 is 0. The van der Waals surface area contributed by atoms with Crippen LogP contribution in [0.3, 0.4) is 0 Å². The molecule has 0 saturated carbocycles. The molecule has 4 nitrogen and oxygen atoms in total. The third kappa shape index (κ3) is 22.0. The van der Waals surface area contributed by atoms with Crippen LogP contribution in [-0.4, -0.2) is 54.6 Å². The lowest BCUT2D eigenvalue weighted by Crippen LogP contribution is -2.29. The van der Waals surface area contributed by atoms with Crippen LogP contribution >= 0.6 is 17.0 Å². The van der Waals surface area contributed by atoms with E-state index in [0.717, 1.165) is 26.1 Å². The molecule has 0 radical (unpaired) electrons. The summed E-state index contributed by atoms with van der Waals surface area (Å²) in [7, 11) is 4.11. The zero-order valence-electron chi connectivity index (χ0n) is 19.8. The summed E-state index contributed by atoms with van der Waals surface area (Å²) in [6, 6.07) is 0. The SMILES string of the molecule is Br.CCCCCCCCCCCCCCCCN(C=C(C)C(=O)O)CCN(C)C. The number of carbonyl (C=O) groups is 1. The standard InChI is InChI=1S/C24H48N2O2.BrH/c1-5-6-7-8-9-10-11-12-13-14-15-16-17-18-19-26(21-20-25(3)4)22-23(2)24(27)28;/h22H,5-21H2,1-4H3,(H,27,28);1H. The Labute approximate surface area is 191 Å². The second kappa shape index (κ2) is 22.1. The molecule has 0 heterocycles. The van der Waals surface area contributed by atoms with Gasteiger partial charge in [0.1, 0.15) is 0 Å². The molecule has 0 aromatic rings. The lowest BCUT2D eigenvalue weighted by Gasteiger charge is -2.23. The van der Waals surface area contributed by atoms with E-state index in [1.807, 2.05) is 6.20 Å². The molecule has 0 bridgehead atoms. The first kappa shape index (κ1) is 30.6. The lowest BCUT2D eigenvalue weighted by molar-refractivity contribution is -0.132. The predicted octanol–water partition coefficient (Wildman–Crippen LogP) is 6.90. The number of nitrogens with zero attached hydrogens (tertiary/aromatic N) is 2. The third-order valence-electron chi connectivity index (χ3n) is 5.35. The number of unbranched alkanes of at least 4 members (excludes halogenated alkanes) is 13. The van der Waals surface area contributed by atoms with Gasteiger partial charge in [0.25, 0.3) is 0 Å². The zero-order valence-corrected chi connectivity index (χ0v) is 21.5. The Hall–Kier alpha value is -0.550. The summed E-state index contributed by atoms with van der Waals surface area (Å²) in [5.74, 6) is -0.823. The van der Waals surface area contributed by atoms with Crippen molar-refractivity contribution in [1.29, 1.82) is 0 Å². The Morgan fingerprint density at radius 2 is 1.14 bits per heavy atom. The Balaban J connectivity index is 0. The van der Waals surface area contributed by atoms with Crippen LogP contribution in [0.15, 0.2) is 11.8 Å². The lowest BCUT2D eigenvalue weighted by atomic mass is 10.0. The molecule has 0 rings (SSSR count). The van der Waals surface area contributed by atoms with Crippen LogP contribution in [0.4, 0.5) is 0 Å². The van der Waals surface area contributed by atoms with E-state index in [9.17, 15) is 4.79 Å². The molecular weight excluding hydrogens is 428 g/mol. The van der Waals surface area contributed by atoms with E-state index in [0.29, 0.717) is 5.57 Å². The van der Waals surface area contributed by atoms with E-state index in [1.54, 1.807) is 6.92 Å². The fraction of sp³-hybridized carbons (Fsp3) is 0.875. The second-order valence-corrected chi connectivity index (χ2v) is 8.55. The van der Waals surface area contributed by atoms with Crippen molar-refractivity contribution in [3.8, 4) is 0 Å². The minimum absolute atomic E-state index is 0. The first-order valence-corrected chi connectivity index (χ1v) is 11.8. The smallest absolute Gasteiger partial charge is 0.332 e. The molecule has 0 aliphatic carbocycles. The van der Waals surface area contributed by atoms with Crippen LogP contribution in [0, 0.1) is 0 Å². The molecule has 174 valence electrons. The summed E-state index contributed by atoms with van der Waals surface area (Å²) in [6.07, 6.45) is 20.9. The molecule has 0 saturated heterocycles. The average molecular weight is 478 g/mol. The molecule has 5 heteroatoms. The van der Waals surface area contributed by atoms with Gasteiger partial charge in [0.05, 0.1) is 0 Å². The van der Waals surface area contributed by atoms with Crippen LogP contribution in [0.25, 0.3) is 0 Å². The van der Waals surface area contributed by atoms with Crippen LogP contribution in [-0.2, 0) is 4.79 Å². The van der Waals surface area contributed by atoms with Crippen molar-refractivity contribution in [3.63, 3.8) is 0 Å². The summed E-state index contributed by atoms with van der Waals surface area (Å²) >= 11 is 0. The van der Waals surface area contributed by atoms with Gasteiger partial charge in [-0.25, -0.2) is 4.79 Å². The van der Waals surface area contributed by atoms with Crippen molar-refractivity contribution in [2.75, 3.05) is 33.7 Å². The van der Waals surface area contributed by atoms with Gasteiger partial charge in [-0.2, -0.15) is 0 Å². The number of rotatable bonds is 20. The monoisotopic (exact) mass is 476 g/mol. The van der Waals surface area contributed by atoms with Gasteiger partial charge in [-0.05, 0) is 27.4 Å². The minimum Gasteiger partial charge on any atom is -0.478 e. The fourth-order valence-corrected chi connectivity index (χ4v) is 3.41. The van der Waals surface area contributed by atoms with Gasteiger partial charge in [-0.3, -0.25) is 0 Å². The molecule has 0 amide bonds. The van der Waals surface area contributed by atoms with Crippen molar-refractivity contribution in [3.05, 3.63) is 11.8 Å². The number of carboxylic acid groups (broad SMARTS) is 1. The highest BCUT2D eigenvalue weighted by Gasteiger charge is 2.06. The summed E-state index contributed by atoms with van der Waals surface area (Å²) in [4.78, 5) is 15.4. The van der Waals surface area contributed by atoms with Gasteiger partial charge < -0.3 is 14.9 Å². The second-order valence-electron chi connectivity index (χ2n) is 8.55. The van der Waals surface area contributed by atoms with Gasteiger partial charge in [0, 0.05) is 31.4 Å². The van der Waals surface area contributed by atoms with Crippen molar-refractivity contribution < 1.29 is 9.90 Å². The zero-order chi connectivity index (χ0) is 21.0. The molecule has 0 fully saturated rings. The minimum atomic E-state index is -0.823. The number of aliphatic carboxylic acids is 1. The Morgan fingerprint density at radius 1 is 0.724 bits per heavy atom. The molecule has 1 N–H and O–H groups in total. The molecule has 29 heavy (non-hydrogen) atoms. The highest BCUT2D eigenvalue weighted by atomic mass is 79.9. The first-order chi connectivity index (χ1) is 13.5. The van der Waals surface area contributed by atoms with Crippen LogP contribution in [0.1, 0.15) is 104 Å². The molecule has 0 aliphatic heterocycles. The number of hydrogen-bond donors (Lipinski definition) is 1. The third-order valence-corrected chi connectivity index (χ3v) is 5.35. The van der Waals surface area contributed by atoms with Crippen molar-refractivity contribution >= 4 is 23.0 Å². The van der Waals surface area contributed by atoms with Crippen LogP contribution in [0.2, 0.25) is 0 Å². The number of likely N-dealkylation sites (N-methyl/N-ethyl adjacent to an activating group) is 1. The van der Waals surface area contributed by atoms with Crippen molar-refractivity contribution in [1.82, 2.24) is 9.80 Å². The number of hydrogen-bond acceptors (Lipinski definition) is 3. The van der Waals surface area contributed by atoms with Gasteiger partial charge in [-0.1, -0.05) is 90.4 Å². The summed E-state index contributed by atoms with van der Waals surface area (Å²) in [5.41, 5.74) is 0.420.